The number of hydrogen-bond acceptors (Lipinski definition) is 2. The van der Waals surface area contributed by atoms with Gasteiger partial charge in [-0.05, 0) is 18.6 Å². The fourth-order valence-corrected chi connectivity index (χ4v) is 1.73. The molecule has 0 N–H and O–H groups in total. The Morgan fingerprint density at radius 1 is 1.43 bits per heavy atom. The highest BCUT2D eigenvalue weighted by Gasteiger charge is 2.13. The normalized spacial score (nSPS) is 10.8. The third kappa shape index (κ3) is 1.13. The van der Waals surface area contributed by atoms with Crippen molar-refractivity contribution in [2.45, 2.75) is 13.8 Å². The Bertz CT molecular complexity index is 511. The number of ketones is 1. The van der Waals surface area contributed by atoms with Crippen LogP contribution < -0.4 is 0 Å². The van der Waals surface area contributed by atoms with Gasteiger partial charge in [0.15, 0.2) is 5.78 Å². The average molecular weight is 188 g/mol. The Balaban J connectivity index is 2.93. The topological polar surface area (TPSA) is 34.9 Å². The van der Waals surface area contributed by atoms with E-state index in [0.29, 0.717) is 5.69 Å². The van der Waals surface area contributed by atoms with E-state index in [1.54, 1.807) is 11.6 Å². The van der Waals surface area contributed by atoms with Crippen LogP contribution in [0.15, 0.2) is 18.2 Å². The molecule has 0 saturated heterocycles. The number of Topliss-reactive ketones (excluding diaryl/α,β-unsaturated/α-hetero) is 1. The van der Waals surface area contributed by atoms with Gasteiger partial charge in [0.1, 0.15) is 5.69 Å². The number of nitrogens with zero attached hydrogens (tertiary/aromatic N) is 2. The van der Waals surface area contributed by atoms with E-state index in [1.807, 2.05) is 32.2 Å². The highest BCUT2D eigenvalue weighted by Crippen LogP contribution is 2.21. The van der Waals surface area contributed by atoms with Crippen LogP contribution in [0.3, 0.4) is 0 Å². The first-order chi connectivity index (χ1) is 6.61. The number of hydrogen-bond donors (Lipinski definition) is 0. The molecule has 3 heteroatoms. The van der Waals surface area contributed by atoms with Crippen molar-refractivity contribution in [1.82, 2.24) is 9.78 Å². The lowest BCUT2D eigenvalue weighted by Gasteiger charge is -1.96. The maximum absolute atomic E-state index is 11.3. The summed E-state index contributed by atoms with van der Waals surface area (Å²) in [6.45, 7) is 3.55. The van der Waals surface area contributed by atoms with Crippen molar-refractivity contribution in [3.05, 3.63) is 29.5 Å². The van der Waals surface area contributed by atoms with E-state index < -0.39 is 0 Å². The summed E-state index contributed by atoms with van der Waals surface area (Å²) >= 11 is 0. The van der Waals surface area contributed by atoms with E-state index in [9.17, 15) is 4.79 Å². The Kier molecular flexibility index (Phi) is 1.88. The van der Waals surface area contributed by atoms with E-state index in [1.165, 1.54) is 0 Å². The van der Waals surface area contributed by atoms with Gasteiger partial charge in [-0.1, -0.05) is 12.1 Å². The van der Waals surface area contributed by atoms with Crippen LogP contribution in [0.4, 0.5) is 0 Å². The first-order valence-electron chi connectivity index (χ1n) is 4.54. The van der Waals surface area contributed by atoms with Crippen molar-refractivity contribution < 1.29 is 4.79 Å². The van der Waals surface area contributed by atoms with E-state index in [0.717, 1.165) is 16.5 Å². The second kappa shape index (κ2) is 2.94. The van der Waals surface area contributed by atoms with Gasteiger partial charge in [0.25, 0.3) is 0 Å². The van der Waals surface area contributed by atoms with Crippen molar-refractivity contribution in [2.75, 3.05) is 0 Å². The molecule has 1 heterocycles. The van der Waals surface area contributed by atoms with Gasteiger partial charge < -0.3 is 0 Å². The summed E-state index contributed by atoms with van der Waals surface area (Å²) in [4.78, 5) is 11.3. The summed E-state index contributed by atoms with van der Waals surface area (Å²) < 4.78 is 1.75. The molecule has 72 valence electrons. The molecule has 0 aliphatic rings. The zero-order chi connectivity index (χ0) is 10.3. The summed E-state index contributed by atoms with van der Waals surface area (Å²) in [5.74, 6) is 0.0184. The van der Waals surface area contributed by atoms with Crippen molar-refractivity contribution in [3.8, 4) is 0 Å². The lowest BCUT2D eigenvalue weighted by molar-refractivity contribution is 0.101. The molecule has 14 heavy (non-hydrogen) atoms. The largest absolute Gasteiger partial charge is 0.293 e. The lowest BCUT2D eigenvalue weighted by Crippen LogP contribution is -1.96. The van der Waals surface area contributed by atoms with Gasteiger partial charge in [-0.2, -0.15) is 5.10 Å². The molecule has 0 unspecified atom stereocenters. The van der Waals surface area contributed by atoms with Gasteiger partial charge >= 0.3 is 0 Å². The van der Waals surface area contributed by atoms with Gasteiger partial charge in [0.05, 0.1) is 5.52 Å². The maximum atomic E-state index is 11.3. The van der Waals surface area contributed by atoms with Crippen molar-refractivity contribution in [1.29, 1.82) is 0 Å². The molecule has 2 rings (SSSR count). The third-order valence-corrected chi connectivity index (χ3v) is 2.42. The molecule has 1 aromatic carbocycles. The number of carbonyl (C=O) groups is 1. The predicted molar refractivity (Wildman–Crippen MR) is 55.5 cm³/mol. The summed E-state index contributed by atoms with van der Waals surface area (Å²) in [6.07, 6.45) is 0. The quantitative estimate of drug-likeness (QED) is 0.642. The monoisotopic (exact) mass is 188 g/mol. The SMILES string of the molecule is CC(=O)c1nn(C)c2cccc(C)c12. The molecule has 0 radical (unpaired) electrons. The molecule has 0 aliphatic carbocycles. The molecule has 0 aliphatic heterocycles. The molecule has 1 aromatic heterocycles. The van der Waals surface area contributed by atoms with Crippen LogP contribution in [0.25, 0.3) is 10.9 Å². The minimum absolute atomic E-state index is 0.0184. The van der Waals surface area contributed by atoms with Gasteiger partial charge in [-0.15, -0.1) is 0 Å². The second-order valence-corrected chi connectivity index (χ2v) is 3.50. The average Bonchev–Trinajstić information content (AvgIpc) is 2.46. The van der Waals surface area contributed by atoms with E-state index in [-0.39, 0.29) is 5.78 Å². The summed E-state index contributed by atoms with van der Waals surface area (Å²) in [6, 6.07) is 5.95. The standard InChI is InChI=1S/C11H12N2O/c1-7-5-4-6-9-10(7)11(8(2)14)12-13(9)3/h4-6H,1-3H3. The zero-order valence-corrected chi connectivity index (χ0v) is 8.53. The molecule has 0 bridgehead atoms. The number of aryl methyl sites for hydroxylation is 2. The van der Waals surface area contributed by atoms with Crippen LogP contribution in [0.5, 0.6) is 0 Å². The number of carbonyl (C=O) groups excluding carboxylic acids is 1. The fourth-order valence-electron chi connectivity index (χ4n) is 1.73. The minimum Gasteiger partial charge on any atom is -0.293 e. The van der Waals surface area contributed by atoms with Crippen molar-refractivity contribution >= 4 is 16.7 Å². The number of aromatic nitrogens is 2. The Hall–Kier alpha value is -1.64. The molecule has 0 saturated carbocycles. The number of fused-ring (bicyclic) bond motifs is 1. The summed E-state index contributed by atoms with van der Waals surface area (Å²) in [7, 11) is 1.86. The fraction of sp³-hybridized carbons (Fsp3) is 0.273. The highest BCUT2D eigenvalue weighted by molar-refractivity contribution is 6.05. The zero-order valence-electron chi connectivity index (χ0n) is 8.53. The second-order valence-electron chi connectivity index (χ2n) is 3.50. The Labute approximate surface area is 82.3 Å². The molecule has 0 spiro atoms. The highest BCUT2D eigenvalue weighted by atomic mass is 16.1. The molecule has 2 aromatic rings. The van der Waals surface area contributed by atoms with Gasteiger partial charge in [-0.25, -0.2) is 0 Å². The van der Waals surface area contributed by atoms with Crippen LogP contribution in [0.2, 0.25) is 0 Å². The Morgan fingerprint density at radius 3 is 2.79 bits per heavy atom. The molecule has 3 nitrogen and oxygen atoms in total. The minimum atomic E-state index is 0.0184. The van der Waals surface area contributed by atoms with Crippen LogP contribution >= 0.6 is 0 Å². The van der Waals surface area contributed by atoms with Gasteiger partial charge in [0.2, 0.25) is 0 Å². The molecule has 0 amide bonds. The first kappa shape index (κ1) is 8.94. The van der Waals surface area contributed by atoms with Crippen LogP contribution in [0, 0.1) is 6.92 Å². The molecule has 0 atom stereocenters. The molecule has 0 fully saturated rings. The Morgan fingerprint density at radius 2 is 2.14 bits per heavy atom. The van der Waals surface area contributed by atoms with Crippen molar-refractivity contribution in [3.63, 3.8) is 0 Å². The predicted octanol–water partition coefficient (Wildman–Crippen LogP) is 2.08. The molecular weight excluding hydrogens is 176 g/mol. The van der Waals surface area contributed by atoms with Gasteiger partial charge in [0, 0.05) is 19.4 Å². The van der Waals surface area contributed by atoms with Crippen LogP contribution in [-0.4, -0.2) is 15.6 Å². The summed E-state index contributed by atoms with van der Waals surface area (Å²) in [5.41, 5.74) is 2.68. The first-order valence-corrected chi connectivity index (χ1v) is 4.54. The number of benzene rings is 1. The van der Waals surface area contributed by atoms with E-state index in [4.69, 9.17) is 0 Å². The van der Waals surface area contributed by atoms with Crippen LogP contribution in [0.1, 0.15) is 23.0 Å². The van der Waals surface area contributed by atoms with Crippen LogP contribution in [-0.2, 0) is 7.05 Å². The maximum Gasteiger partial charge on any atom is 0.180 e. The third-order valence-electron chi connectivity index (χ3n) is 2.42. The summed E-state index contributed by atoms with van der Waals surface area (Å²) in [5, 5.41) is 5.19. The van der Waals surface area contributed by atoms with Crippen molar-refractivity contribution in [2.24, 2.45) is 7.05 Å². The lowest BCUT2D eigenvalue weighted by atomic mass is 10.1. The van der Waals surface area contributed by atoms with Gasteiger partial charge in [-0.3, -0.25) is 9.48 Å². The molecular formula is C11H12N2O. The van der Waals surface area contributed by atoms with E-state index in [2.05, 4.69) is 5.10 Å². The smallest absolute Gasteiger partial charge is 0.180 e. The number of rotatable bonds is 1. The van der Waals surface area contributed by atoms with E-state index >= 15 is 0 Å².